The first-order chi connectivity index (χ1) is 11.8. The lowest BCUT2D eigenvalue weighted by Gasteiger charge is -2.13. The van der Waals surface area contributed by atoms with Crippen molar-refractivity contribution in [2.75, 3.05) is 6.54 Å². The van der Waals surface area contributed by atoms with E-state index < -0.39 is 11.6 Å². The van der Waals surface area contributed by atoms with E-state index in [1.54, 1.807) is 13.8 Å². The van der Waals surface area contributed by atoms with E-state index >= 15 is 0 Å². The number of hydrogen-bond donors (Lipinski definition) is 3. The fraction of sp³-hybridized carbons (Fsp3) is 0.952. The summed E-state index contributed by atoms with van der Waals surface area (Å²) in [7, 11) is 0. The molecule has 4 heteroatoms. The first-order valence-electron chi connectivity index (χ1n) is 10.5. The van der Waals surface area contributed by atoms with Crippen LogP contribution in [-0.4, -0.2) is 28.3 Å². The molecule has 0 unspecified atom stereocenters. The Kier molecular flexibility index (Phi) is 21.0. The molecule has 0 rings (SSSR count). The van der Waals surface area contributed by atoms with Gasteiger partial charge in [-0.1, -0.05) is 84.0 Å². The molecule has 4 nitrogen and oxygen atoms in total. The van der Waals surface area contributed by atoms with Gasteiger partial charge in [0, 0.05) is 6.42 Å². The van der Waals surface area contributed by atoms with Crippen molar-refractivity contribution in [3.8, 4) is 0 Å². The van der Waals surface area contributed by atoms with Gasteiger partial charge >= 0.3 is 5.97 Å². The summed E-state index contributed by atoms with van der Waals surface area (Å²) in [5.74, 6) is -0.655. The quantitative estimate of drug-likeness (QED) is 0.310. The predicted molar refractivity (Wildman–Crippen MR) is 108 cm³/mol. The topological polar surface area (TPSA) is 83.5 Å². The second-order valence-electron chi connectivity index (χ2n) is 7.74. The number of nitrogens with two attached hydrogens (primary N) is 1. The SMILES string of the molecule is CC(C)(O)CCN.CCCCCCCCCCCCCCCC(=O)O. The van der Waals surface area contributed by atoms with Crippen molar-refractivity contribution >= 4 is 5.97 Å². The molecule has 0 aliphatic rings. The fourth-order valence-electron chi connectivity index (χ4n) is 2.65. The summed E-state index contributed by atoms with van der Waals surface area (Å²) in [4.78, 5) is 10.3. The molecule has 0 amide bonds. The van der Waals surface area contributed by atoms with E-state index in [1.807, 2.05) is 0 Å². The van der Waals surface area contributed by atoms with Gasteiger partial charge in [0.2, 0.25) is 0 Å². The smallest absolute Gasteiger partial charge is 0.303 e. The monoisotopic (exact) mass is 359 g/mol. The number of carboxylic acid groups (broad SMARTS) is 1. The van der Waals surface area contributed by atoms with Crippen molar-refractivity contribution in [1.82, 2.24) is 0 Å². The van der Waals surface area contributed by atoms with E-state index in [0.29, 0.717) is 19.4 Å². The van der Waals surface area contributed by atoms with Gasteiger partial charge in [0.15, 0.2) is 0 Å². The molecule has 0 aromatic heterocycles. The Morgan fingerprint density at radius 2 is 1.16 bits per heavy atom. The average molecular weight is 360 g/mol. The standard InChI is InChI=1S/C16H32O2.C5H13NO/c1-2-3-4-5-6-7-8-9-10-11-12-13-14-15-16(17)18;1-5(2,7)3-4-6/h2-15H2,1H3,(H,17,18);7H,3-4,6H2,1-2H3. The van der Waals surface area contributed by atoms with Gasteiger partial charge in [-0.15, -0.1) is 0 Å². The van der Waals surface area contributed by atoms with Gasteiger partial charge in [0.05, 0.1) is 5.60 Å². The third kappa shape index (κ3) is 31.6. The lowest BCUT2D eigenvalue weighted by Crippen LogP contribution is -2.22. The van der Waals surface area contributed by atoms with Crippen molar-refractivity contribution < 1.29 is 15.0 Å². The van der Waals surface area contributed by atoms with Crippen molar-refractivity contribution in [3.05, 3.63) is 0 Å². The molecule has 0 saturated carbocycles. The van der Waals surface area contributed by atoms with Crippen LogP contribution in [0.3, 0.4) is 0 Å². The van der Waals surface area contributed by atoms with Gasteiger partial charge in [-0.3, -0.25) is 4.79 Å². The fourth-order valence-corrected chi connectivity index (χ4v) is 2.65. The summed E-state index contributed by atoms with van der Waals surface area (Å²) in [6.07, 6.45) is 17.9. The number of aliphatic carboxylic acids is 1. The van der Waals surface area contributed by atoms with Crippen molar-refractivity contribution in [1.29, 1.82) is 0 Å². The van der Waals surface area contributed by atoms with Crippen LogP contribution in [0.2, 0.25) is 0 Å². The number of carbonyl (C=O) groups is 1. The molecular weight excluding hydrogens is 314 g/mol. The van der Waals surface area contributed by atoms with Crippen molar-refractivity contribution in [2.45, 2.75) is 123 Å². The Morgan fingerprint density at radius 1 is 0.800 bits per heavy atom. The van der Waals surface area contributed by atoms with E-state index in [4.69, 9.17) is 15.9 Å². The van der Waals surface area contributed by atoms with Crippen LogP contribution in [0, 0.1) is 0 Å². The molecule has 4 N–H and O–H groups in total. The summed E-state index contributed by atoms with van der Waals surface area (Å²) in [5.41, 5.74) is 4.58. The zero-order valence-corrected chi connectivity index (χ0v) is 17.2. The molecule has 0 aromatic rings. The van der Waals surface area contributed by atoms with Crippen LogP contribution in [0.4, 0.5) is 0 Å². The molecule has 0 fully saturated rings. The minimum absolute atomic E-state index is 0.345. The highest BCUT2D eigenvalue weighted by atomic mass is 16.4. The van der Waals surface area contributed by atoms with Gasteiger partial charge in [-0.05, 0) is 33.2 Å². The molecule has 0 bridgehead atoms. The molecule has 0 saturated heterocycles. The van der Waals surface area contributed by atoms with Gasteiger partial charge in [-0.25, -0.2) is 0 Å². The highest BCUT2D eigenvalue weighted by Gasteiger charge is 2.08. The number of rotatable bonds is 16. The first-order valence-corrected chi connectivity index (χ1v) is 10.5. The molecule has 0 atom stereocenters. The van der Waals surface area contributed by atoms with E-state index in [-0.39, 0.29) is 0 Å². The molecule has 0 spiro atoms. The van der Waals surface area contributed by atoms with Crippen LogP contribution in [0.25, 0.3) is 0 Å². The van der Waals surface area contributed by atoms with E-state index in [0.717, 1.165) is 12.8 Å². The molecule has 0 radical (unpaired) electrons. The zero-order valence-electron chi connectivity index (χ0n) is 17.2. The van der Waals surface area contributed by atoms with E-state index in [9.17, 15) is 4.79 Å². The highest BCUT2D eigenvalue weighted by Crippen LogP contribution is 2.12. The maximum atomic E-state index is 10.3. The Morgan fingerprint density at radius 3 is 1.40 bits per heavy atom. The van der Waals surface area contributed by atoms with E-state index in [1.165, 1.54) is 70.6 Å². The van der Waals surface area contributed by atoms with Crippen LogP contribution < -0.4 is 5.73 Å². The van der Waals surface area contributed by atoms with Crippen LogP contribution in [0.15, 0.2) is 0 Å². The molecular formula is C21H45NO3. The number of hydrogen-bond acceptors (Lipinski definition) is 3. The van der Waals surface area contributed by atoms with Crippen molar-refractivity contribution in [2.24, 2.45) is 5.73 Å². The predicted octanol–water partition coefficient (Wildman–Crippen LogP) is 5.66. The molecule has 0 heterocycles. The Labute approximate surface area is 156 Å². The summed E-state index contributed by atoms with van der Waals surface area (Å²) in [6, 6.07) is 0. The first kappa shape index (κ1) is 26.6. The molecule has 0 aliphatic heterocycles. The number of unbranched alkanes of at least 4 members (excludes halogenated alkanes) is 12. The summed E-state index contributed by atoms with van der Waals surface area (Å²) in [6.45, 7) is 6.32. The Hall–Kier alpha value is -0.610. The minimum Gasteiger partial charge on any atom is -0.481 e. The Balaban J connectivity index is 0. The van der Waals surface area contributed by atoms with Gasteiger partial charge in [0.1, 0.15) is 0 Å². The lowest BCUT2D eigenvalue weighted by atomic mass is 10.0. The summed E-state index contributed by atoms with van der Waals surface area (Å²) >= 11 is 0. The second kappa shape index (κ2) is 19.7. The third-order valence-electron chi connectivity index (χ3n) is 4.25. The zero-order chi connectivity index (χ0) is 19.4. The summed E-state index contributed by atoms with van der Waals surface area (Å²) in [5, 5.41) is 17.4. The van der Waals surface area contributed by atoms with Crippen molar-refractivity contribution in [3.63, 3.8) is 0 Å². The minimum atomic E-state index is -0.655. The molecule has 25 heavy (non-hydrogen) atoms. The maximum Gasteiger partial charge on any atom is 0.303 e. The normalized spacial score (nSPS) is 11.1. The lowest BCUT2D eigenvalue weighted by molar-refractivity contribution is -0.137. The second-order valence-corrected chi connectivity index (χ2v) is 7.74. The number of carboxylic acids is 1. The third-order valence-corrected chi connectivity index (χ3v) is 4.25. The van der Waals surface area contributed by atoms with Gasteiger partial charge < -0.3 is 15.9 Å². The van der Waals surface area contributed by atoms with Crippen LogP contribution in [-0.2, 0) is 4.79 Å². The largest absolute Gasteiger partial charge is 0.481 e. The summed E-state index contributed by atoms with van der Waals surface area (Å²) < 4.78 is 0. The number of aliphatic hydroxyl groups is 1. The molecule has 0 aromatic carbocycles. The van der Waals surface area contributed by atoms with Gasteiger partial charge in [0.25, 0.3) is 0 Å². The van der Waals surface area contributed by atoms with Crippen LogP contribution in [0.5, 0.6) is 0 Å². The molecule has 152 valence electrons. The Bertz CT molecular complexity index is 275. The molecule has 0 aliphatic carbocycles. The maximum absolute atomic E-state index is 10.3. The van der Waals surface area contributed by atoms with Gasteiger partial charge in [-0.2, -0.15) is 0 Å². The van der Waals surface area contributed by atoms with Crippen LogP contribution in [0.1, 0.15) is 117 Å². The van der Waals surface area contributed by atoms with E-state index in [2.05, 4.69) is 6.92 Å². The average Bonchev–Trinajstić information content (AvgIpc) is 2.51. The van der Waals surface area contributed by atoms with Crippen LogP contribution >= 0.6 is 0 Å². The highest BCUT2D eigenvalue weighted by molar-refractivity contribution is 5.66.